The molecule has 2 heterocycles. The van der Waals surface area contributed by atoms with E-state index in [1.807, 2.05) is 0 Å². The van der Waals surface area contributed by atoms with E-state index in [-0.39, 0.29) is 24.9 Å². The van der Waals surface area contributed by atoms with Crippen LogP contribution < -0.4 is 11.1 Å². The average molecular weight is 228 g/mol. The maximum atomic E-state index is 11.7. The Morgan fingerprint density at radius 2 is 2.25 bits per heavy atom. The van der Waals surface area contributed by atoms with E-state index in [2.05, 4.69) is 5.32 Å². The van der Waals surface area contributed by atoms with E-state index in [1.165, 1.54) is 11.8 Å². The van der Waals surface area contributed by atoms with Gasteiger partial charge in [-0.05, 0) is 6.92 Å². The lowest BCUT2D eigenvalue weighted by atomic mass is 10.2. The third-order valence-electron chi connectivity index (χ3n) is 2.55. The van der Waals surface area contributed by atoms with E-state index in [0.717, 1.165) is 5.06 Å². The first kappa shape index (κ1) is 10.7. The fourth-order valence-corrected chi connectivity index (χ4v) is 1.78. The number of nitrogens with zero attached hydrogens (tertiary/aromatic N) is 2. The standard InChI is InChI=1S/C8H12N4O4/c1-4-7(14)11-3-5(13)10-2-6(11)12(16-4)8(9)15/h4,6H,2-3H2,1H3,(H2,9,15)(H,10,13). The van der Waals surface area contributed by atoms with Gasteiger partial charge in [0.05, 0.1) is 6.54 Å². The van der Waals surface area contributed by atoms with Crippen LogP contribution in [-0.4, -0.2) is 53.2 Å². The molecule has 2 rings (SSSR count). The molecule has 0 aromatic rings. The molecule has 2 aliphatic heterocycles. The zero-order valence-corrected chi connectivity index (χ0v) is 8.67. The Bertz CT molecular complexity index is 358. The molecule has 16 heavy (non-hydrogen) atoms. The van der Waals surface area contributed by atoms with E-state index < -0.39 is 18.3 Å². The number of nitrogens with two attached hydrogens (primary N) is 1. The lowest BCUT2D eigenvalue weighted by Gasteiger charge is -2.45. The molecule has 88 valence electrons. The van der Waals surface area contributed by atoms with E-state index in [1.54, 1.807) is 0 Å². The monoisotopic (exact) mass is 228 g/mol. The molecule has 0 aromatic heterocycles. The summed E-state index contributed by atoms with van der Waals surface area (Å²) < 4.78 is 0. The highest BCUT2D eigenvalue weighted by Crippen LogP contribution is 2.19. The van der Waals surface area contributed by atoms with Crippen molar-refractivity contribution >= 4 is 17.8 Å². The zero-order chi connectivity index (χ0) is 11.9. The summed E-state index contributed by atoms with van der Waals surface area (Å²) in [6.45, 7) is 1.54. The van der Waals surface area contributed by atoms with Crippen LogP contribution >= 0.6 is 0 Å². The summed E-state index contributed by atoms with van der Waals surface area (Å²) in [6.07, 6.45) is -1.46. The zero-order valence-electron chi connectivity index (χ0n) is 8.67. The largest absolute Gasteiger partial charge is 0.350 e. The van der Waals surface area contributed by atoms with E-state index >= 15 is 0 Å². The van der Waals surface area contributed by atoms with Gasteiger partial charge in [-0.1, -0.05) is 0 Å². The van der Waals surface area contributed by atoms with Gasteiger partial charge in [0.15, 0.2) is 12.3 Å². The number of fused-ring (bicyclic) bond motifs is 1. The number of hydrogen-bond donors (Lipinski definition) is 2. The summed E-state index contributed by atoms with van der Waals surface area (Å²) >= 11 is 0. The van der Waals surface area contributed by atoms with Crippen molar-refractivity contribution in [3.63, 3.8) is 0 Å². The maximum absolute atomic E-state index is 11.7. The Kier molecular flexibility index (Phi) is 2.43. The topological polar surface area (TPSA) is 105 Å². The van der Waals surface area contributed by atoms with Crippen LogP contribution in [0.5, 0.6) is 0 Å². The summed E-state index contributed by atoms with van der Waals surface area (Å²) in [7, 11) is 0. The van der Waals surface area contributed by atoms with Crippen LogP contribution in [0, 0.1) is 0 Å². The second-order valence-electron chi connectivity index (χ2n) is 3.66. The summed E-state index contributed by atoms with van der Waals surface area (Å²) in [5.74, 6) is -0.583. The molecule has 4 amide bonds. The van der Waals surface area contributed by atoms with Crippen molar-refractivity contribution in [1.82, 2.24) is 15.3 Å². The van der Waals surface area contributed by atoms with Gasteiger partial charge in [0, 0.05) is 0 Å². The smallest absolute Gasteiger partial charge is 0.340 e. The fourth-order valence-electron chi connectivity index (χ4n) is 1.78. The second-order valence-corrected chi connectivity index (χ2v) is 3.66. The summed E-state index contributed by atoms with van der Waals surface area (Å²) in [6, 6.07) is -0.787. The molecule has 0 saturated carbocycles. The molecular formula is C8H12N4O4. The molecule has 2 saturated heterocycles. The van der Waals surface area contributed by atoms with Crippen LogP contribution in [0.1, 0.15) is 6.92 Å². The number of rotatable bonds is 0. The highest BCUT2D eigenvalue weighted by molar-refractivity contribution is 5.89. The summed E-state index contributed by atoms with van der Waals surface area (Å²) in [5, 5.41) is 3.46. The highest BCUT2D eigenvalue weighted by Gasteiger charge is 2.44. The SMILES string of the molecule is CC1ON(C(N)=O)C2CNC(=O)CN2C1=O. The molecule has 8 heteroatoms. The molecule has 3 N–H and O–H groups in total. The van der Waals surface area contributed by atoms with Crippen molar-refractivity contribution < 1.29 is 19.2 Å². The van der Waals surface area contributed by atoms with Crippen LogP contribution in [0.2, 0.25) is 0 Å². The van der Waals surface area contributed by atoms with Crippen LogP contribution in [0.4, 0.5) is 4.79 Å². The highest BCUT2D eigenvalue weighted by atomic mass is 16.7. The summed E-state index contributed by atoms with van der Waals surface area (Å²) in [5.41, 5.74) is 5.13. The predicted octanol–water partition coefficient (Wildman–Crippen LogP) is -2.01. The quantitative estimate of drug-likeness (QED) is 0.499. The minimum Gasteiger partial charge on any atom is -0.350 e. The number of hydrogen-bond acceptors (Lipinski definition) is 4. The Labute approximate surface area is 91.2 Å². The first-order chi connectivity index (χ1) is 7.50. The lowest BCUT2D eigenvalue weighted by molar-refractivity contribution is -0.243. The summed E-state index contributed by atoms with van der Waals surface area (Å²) in [4.78, 5) is 40.4. The molecule has 0 spiro atoms. The molecule has 2 atom stereocenters. The number of piperazine rings is 1. The molecule has 2 aliphatic rings. The Morgan fingerprint density at radius 3 is 2.88 bits per heavy atom. The molecule has 2 fully saturated rings. The van der Waals surface area contributed by atoms with Gasteiger partial charge in [-0.3, -0.25) is 14.4 Å². The van der Waals surface area contributed by atoms with Gasteiger partial charge in [-0.2, -0.15) is 5.06 Å². The van der Waals surface area contributed by atoms with Gasteiger partial charge in [0.1, 0.15) is 6.54 Å². The number of carbonyl (C=O) groups excluding carboxylic acids is 3. The van der Waals surface area contributed by atoms with Gasteiger partial charge in [0.2, 0.25) is 5.91 Å². The minimum absolute atomic E-state index is 0.0824. The Morgan fingerprint density at radius 1 is 1.56 bits per heavy atom. The first-order valence-corrected chi connectivity index (χ1v) is 4.83. The second kappa shape index (κ2) is 3.63. The maximum Gasteiger partial charge on any atom is 0.340 e. The van der Waals surface area contributed by atoms with Gasteiger partial charge in [0.25, 0.3) is 5.91 Å². The molecule has 2 unspecified atom stereocenters. The van der Waals surface area contributed by atoms with Gasteiger partial charge in [-0.15, -0.1) is 0 Å². The Balaban J connectivity index is 2.25. The molecule has 0 bridgehead atoms. The average Bonchev–Trinajstić information content (AvgIpc) is 2.23. The number of primary amides is 1. The van der Waals surface area contributed by atoms with Gasteiger partial charge >= 0.3 is 6.03 Å². The van der Waals surface area contributed by atoms with Crippen LogP contribution in [0.25, 0.3) is 0 Å². The fraction of sp³-hybridized carbons (Fsp3) is 0.625. The van der Waals surface area contributed by atoms with Crippen molar-refractivity contribution in [3.8, 4) is 0 Å². The van der Waals surface area contributed by atoms with Crippen LogP contribution in [-0.2, 0) is 14.4 Å². The van der Waals surface area contributed by atoms with Gasteiger partial charge in [-0.25, -0.2) is 4.79 Å². The first-order valence-electron chi connectivity index (χ1n) is 4.83. The normalized spacial score (nSPS) is 29.8. The number of carbonyl (C=O) groups is 3. The molecular weight excluding hydrogens is 216 g/mol. The molecule has 0 radical (unpaired) electrons. The van der Waals surface area contributed by atoms with Crippen LogP contribution in [0.3, 0.4) is 0 Å². The van der Waals surface area contributed by atoms with Crippen molar-refractivity contribution in [2.24, 2.45) is 5.73 Å². The third-order valence-corrected chi connectivity index (χ3v) is 2.55. The number of nitrogens with one attached hydrogen (secondary N) is 1. The third kappa shape index (κ3) is 1.56. The van der Waals surface area contributed by atoms with Crippen molar-refractivity contribution in [1.29, 1.82) is 0 Å². The van der Waals surface area contributed by atoms with Crippen molar-refractivity contribution in [2.75, 3.05) is 13.1 Å². The number of hydroxylamine groups is 2. The number of urea groups is 1. The van der Waals surface area contributed by atoms with Gasteiger partial charge < -0.3 is 16.0 Å². The number of amides is 4. The van der Waals surface area contributed by atoms with E-state index in [9.17, 15) is 14.4 Å². The molecule has 0 aliphatic carbocycles. The minimum atomic E-state index is -0.811. The van der Waals surface area contributed by atoms with E-state index in [0.29, 0.717) is 0 Å². The van der Waals surface area contributed by atoms with Crippen molar-refractivity contribution in [3.05, 3.63) is 0 Å². The van der Waals surface area contributed by atoms with E-state index in [4.69, 9.17) is 10.6 Å². The molecule has 8 nitrogen and oxygen atoms in total. The van der Waals surface area contributed by atoms with Crippen LogP contribution in [0.15, 0.2) is 0 Å². The lowest BCUT2D eigenvalue weighted by Crippen LogP contribution is -2.69. The molecule has 0 aromatic carbocycles. The Hall–Kier alpha value is -1.83. The predicted molar refractivity (Wildman–Crippen MR) is 50.5 cm³/mol. The van der Waals surface area contributed by atoms with Crippen molar-refractivity contribution in [2.45, 2.75) is 19.2 Å².